The molecule has 0 fully saturated rings. The molecule has 0 saturated carbocycles. The molecule has 1 heterocycles. The van der Waals surface area contributed by atoms with Crippen LogP contribution in [-0.4, -0.2) is 25.3 Å². The first kappa shape index (κ1) is 45.4. The smallest absolute Gasteiger partial charge is 0.494 e. The summed E-state index contributed by atoms with van der Waals surface area (Å²) in [4.78, 5) is 12.6. The minimum absolute atomic E-state index is 0.0826. The number of unbranched alkanes of at least 4 members (excludes halogenated alkanes) is 26. The van der Waals surface area contributed by atoms with Gasteiger partial charge in [-0.05, 0) is 42.7 Å². The molecule has 1 aliphatic heterocycles. The van der Waals surface area contributed by atoms with E-state index in [4.69, 9.17) is 19.3 Å². The molecule has 1 unspecified atom stereocenters. The predicted molar refractivity (Wildman–Crippen MR) is 229 cm³/mol. The highest BCUT2D eigenvalue weighted by Crippen LogP contribution is 2.36. The summed E-state index contributed by atoms with van der Waals surface area (Å²) >= 11 is 0. The molecule has 304 valence electrons. The third-order valence-electron chi connectivity index (χ3n) is 10.9. The third-order valence-corrected chi connectivity index (χ3v) is 10.9. The molecule has 2 aromatic carbocycles. The SMILES string of the molecule is CCCCCCCCCCCCCCCCOC(=O)OC1=NN(c2ccccc2)C(c2ccc(OCCCCCCCCCCCCCCCC)cc2)C1. The van der Waals surface area contributed by atoms with E-state index in [-0.39, 0.29) is 6.04 Å². The predicted octanol–water partition coefficient (Wildman–Crippen LogP) is 15.4. The van der Waals surface area contributed by atoms with Gasteiger partial charge in [0, 0.05) is 0 Å². The van der Waals surface area contributed by atoms with E-state index in [1.165, 1.54) is 161 Å². The van der Waals surface area contributed by atoms with E-state index in [0.29, 0.717) is 18.9 Å². The maximum Gasteiger partial charge on any atom is 0.514 e. The largest absolute Gasteiger partial charge is 0.514 e. The number of benzene rings is 2. The number of hydrogen-bond acceptors (Lipinski definition) is 6. The zero-order valence-corrected chi connectivity index (χ0v) is 34.7. The molecule has 6 heteroatoms. The summed E-state index contributed by atoms with van der Waals surface area (Å²) < 4.78 is 17.1. The molecule has 1 aliphatic rings. The van der Waals surface area contributed by atoms with E-state index in [1.54, 1.807) is 0 Å². The van der Waals surface area contributed by atoms with Crippen LogP contribution in [0, 0.1) is 0 Å². The second-order valence-electron chi connectivity index (χ2n) is 15.7. The Kier molecular flexibility index (Phi) is 26.2. The molecule has 0 amide bonds. The number of para-hydroxylation sites is 1. The molecule has 0 N–H and O–H groups in total. The van der Waals surface area contributed by atoms with E-state index in [1.807, 2.05) is 47.5 Å². The van der Waals surface area contributed by atoms with Crippen LogP contribution in [0.3, 0.4) is 0 Å². The molecule has 3 rings (SSSR count). The zero-order valence-electron chi connectivity index (χ0n) is 34.7. The third kappa shape index (κ3) is 21.2. The maximum atomic E-state index is 12.6. The number of hydrogen-bond donors (Lipinski definition) is 0. The fourth-order valence-corrected chi connectivity index (χ4v) is 7.47. The van der Waals surface area contributed by atoms with Gasteiger partial charge in [0.25, 0.3) is 0 Å². The van der Waals surface area contributed by atoms with Gasteiger partial charge in [-0.15, -0.1) is 5.10 Å². The molecule has 2 aromatic rings. The summed E-state index contributed by atoms with van der Waals surface area (Å²) in [6.07, 6.45) is 37.0. The summed E-state index contributed by atoms with van der Waals surface area (Å²) in [5.74, 6) is 1.27. The summed E-state index contributed by atoms with van der Waals surface area (Å²) in [6.45, 7) is 5.70. The molecule has 0 radical (unpaired) electrons. The lowest BCUT2D eigenvalue weighted by Crippen LogP contribution is -2.18. The number of ether oxygens (including phenoxy) is 3. The lowest BCUT2D eigenvalue weighted by molar-refractivity contribution is 0.0930. The summed E-state index contributed by atoms with van der Waals surface area (Å²) in [7, 11) is 0. The van der Waals surface area contributed by atoms with Crippen LogP contribution in [-0.2, 0) is 9.47 Å². The lowest BCUT2D eigenvalue weighted by Gasteiger charge is -2.23. The second kappa shape index (κ2) is 31.2. The molecule has 54 heavy (non-hydrogen) atoms. The highest BCUT2D eigenvalue weighted by atomic mass is 16.7. The Morgan fingerprint density at radius 2 is 0.981 bits per heavy atom. The number of carbonyl (C=O) groups excluding carboxylic acids is 1. The van der Waals surface area contributed by atoms with Gasteiger partial charge in [0.2, 0.25) is 5.90 Å². The van der Waals surface area contributed by atoms with Crippen LogP contribution in [0.15, 0.2) is 59.7 Å². The minimum atomic E-state index is -0.663. The first-order valence-corrected chi connectivity index (χ1v) is 22.7. The molecule has 6 nitrogen and oxygen atoms in total. The van der Waals surface area contributed by atoms with E-state index < -0.39 is 6.16 Å². The van der Waals surface area contributed by atoms with Crippen LogP contribution < -0.4 is 9.75 Å². The number of nitrogens with zero attached hydrogens (tertiary/aromatic N) is 2. The van der Waals surface area contributed by atoms with Gasteiger partial charge in [-0.2, -0.15) is 0 Å². The van der Waals surface area contributed by atoms with Crippen LogP contribution in [0.4, 0.5) is 10.5 Å². The van der Waals surface area contributed by atoms with Gasteiger partial charge >= 0.3 is 6.16 Å². The van der Waals surface area contributed by atoms with Gasteiger partial charge in [0.15, 0.2) is 0 Å². The first-order valence-electron chi connectivity index (χ1n) is 22.7. The number of carbonyl (C=O) groups is 1. The van der Waals surface area contributed by atoms with Crippen molar-refractivity contribution in [2.75, 3.05) is 18.2 Å². The number of anilines is 1. The quantitative estimate of drug-likeness (QED) is 0.0538. The minimum Gasteiger partial charge on any atom is -0.494 e. The van der Waals surface area contributed by atoms with Gasteiger partial charge in [-0.1, -0.05) is 211 Å². The Labute approximate surface area is 331 Å². The van der Waals surface area contributed by atoms with Gasteiger partial charge < -0.3 is 14.2 Å². The molecule has 0 saturated heterocycles. The Hall–Kier alpha value is -3.02. The summed E-state index contributed by atoms with van der Waals surface area (Å²) in [5, 5.41) is 6.66. The summed E-state index contributed by atoms with van der Waals surface area (Å²) in [6, 6.07) is 18.3. The highest BCUT2D eigenvalue weighted by Gasteiger charge is 2.32. The monoisotopic (exact) mass is 747 g/mol. The van der Waals surface area contributed by atoms with Crippen molar-refractivity contribution in [3.05, 3.63) is 60.2 Å². The Bertz CT molecular complexity index is 1200. The fourth-order valence-electron chi connectivity index (χ4n) is 7.47. The van der Waals surface area contributed by atoms with Gasteiger partial charge in [-0.3, -0.25) is 5.01 Å². The lowest BCUT2D eigenvalue weighted by atomic mass is 10.0. The molecule has 1 atom stereocenters. The van der Waals surface area contributed by atoms with Crippen molar-refractivity contribution in [1.82, 2.24) is 0 Å². The Balaban J connectivity index is 1.26. The Morgan fingerprint density at radius 1 is 0.556 bits per heavy atom. The van der Waals surface area contributed by atoms with E-state index in [9.17, 15) is 4.79 Å². The van der Waals surface area contributed by atoms with Gasteiger partial charge in [0.1, 0.15) is 5.75 Å². The van der Waals surface area contributed by atoms with E-state index in [0.717, 1.165) is 42.9 Å². The van der Waals surface area contributed by atoms with E-state index >= 15 is 0 Å². The summed E-state index contributed by atoms with van der Waals surface area (Å²) in [5.41, 5.74) is 2.05. The van der Waals surface area contributed by atoms with Crippen molar-refractivity contribution >= 4 is 17.7 Å². The normalized spacial score (nSPS) is 14.0. The van der Waals surface area contributed by atoms with Crippen molar-refractivity contribution in [3.63, 3.8) is 0 Å². The van der Waals surface area contributed by atoms with Crippen molar-refractivity contribution in [1.29, 1.82) is 0 Å². The number of hydrazone groups is 1. The molecular weight excluding hydrogens is 669 g/mol. The molecule has 0 bridgehead atoms. The van der Waals surface area contributed by atoms with Gasteiger partial charge in [0.05, 0.1) is 31.4 Å². The maximum absolute atomic E-state index is 12.6. The first-order chi connectivity index (χ1) is 26.7. The van der Waals surface area contributed by atoms with Crippen LogP contribution in [0.25, 0.3) is 0 Å². The molecule has 0 aromatic heterocycles. The highest BCUT2D eigenvalue weighted by molar-refractivity contribution is 5.89. The zero-order chi connectivity index (χ0) is 38.2. The van der Waals surface area contributed by atoms with E-state index in [2.05, 4.69) is 26.0 Å². The second-order valence-corrected chi connectivity index (χ2v) is 15.7. The standard InChI is InChI=1S/C48H78N2O4/c1-3-5-7-9-11-13-15-17-19-21-23-25-27-32-40-52-45-38-36-43(37-39-45)46-42-47(49-50(46)44-34-30-29-31-35-44)54-48(51)53-41-33-28-26-24-22-20-18-16-14-12-10-8-6-4-2/h29-31,34-39,46H,3-28,32-33,40-42H2,1-2H3. The van der Waals surface area contributed by atoms with Crippen LogP contribution in [0.2, 0.25) is 0 Å². The van der Waals surface area contributed by atoms with Crippen molar-refractivity contribution in [3.8, 4) is 5.75 Å². The van der Waals surface area contributed by atoms with Gasteiger partial charge in [-0.25, -0.2) is 4.79 Å². The van der Waals surface area contributed by atoms with Crippen LogP contribution >= 0.6 is 0 Å². The average molecular weight is 747 g/mol. The van der Waals surface area contributed by atoms with Crippen LogP contribution in [0.1, 0.15) is 212 Å². The average Bonchev–Trinajstić information content (AvgIpc) is 3.62. The van der Waals surface area contributed by atoms with Crippen LogP contribution in [0.5, 0.6) is 5.75 Å². The topological polar surface area (TPSA) is 60.4 Å². The molecule has 0 spiro atoms. The number of rotatable bonds is 33. The van der Waals surface area contributed by atoms with Crippen molar-refractivity contribution in [2.24, 2.45) is 5.10 Å². The Morgan fingerprint density at radius 3 is 1.44 bits per heavy atom. The molecular formula is C48H78N2O4. The van der Waals surface area contributed by atoms with Crippen molar-refractivity contribution in [2.45, 2.75) is 206 Å². The fraction of sp³-hybridized carbons (Fsp3) is 0.708. The van der Waals surface area contributed by atoms with Crippen molar-refractivity contribution < 1.29 is 19.0 Å². The molecule has 0 aliphatic carbocycles.